The predicted octanol–water partition coefficient (Wildman–Crippen LogP) is 2.54. The lowest BCUT2D eigenvalue weighted by molar-refractivity contribution is 0.0902. The average molecular weight is 311 g/mol. The molecule has 1 aliphatic heterocycles. The summed E-state index contributed by atoms with van der Waals surface area (Å²) < 4.78 is 1.64. The summed E-state index contributed by atoms with van der Waals surface area (Å²) in [7, 11) is 0. The van der Waals surface area contributed by atoms with Gasteiger partial charge in [0.2, 0.25) is 0 Å². The van der Waals surface area contributed by atoms with Gasteiger partial charge in [-0.15, -0.1) is 0 Å². The Morgan fingerprint density at radius 2 is 2.00 bits per heavy atom. The molecule has 2 N–H and O–H groups in total. The molecule has 1 aromatic carbocycles. The first-order valence-corrected chi connectivity index (χ1v) is 8.11. The molecule has 0 amide bonds. The molecule has 2 unspecified atom stereocenters. The lowest BCUT2D eigenvalue weighted by atomic mass is 10.1. The van der Waals surface area contributed by atoms with Gasteiger partial charge in [-0.1, -0.05) is 30.3 Å². The SMILES string of the molecule is CC(O)C1=CN(Cc2ccccc2)c2cc(C3CC3)nn2C1O. The minimum Gasteiger partial charge on any atom is -0.389 e. The number of anilines is 1. The first-order chi connectivity index (χ1) is 11.1. The highest BCUT2D eigenvalue weighted by molar-refractivity contribution is 5.50. The van der Waals surface area contributed by atoms with Crippen LogP contribution in [0.4, 0.5) is 5.82 Å². The summed E-state index contributed by atoms with van der Waals surface area (Å²) in [4.78, 5) is 2.06. The van der Waals surface area contributed by atoms with E-state index in [1.54, 1.807) is 11.6 Å². The molecule has 5 heteroatoms. The number of fused-ring (bicyclic) bond motifs is 1. The third kappa shape index (κ3) is 2.66. The van der Waals surface area contributed by atoms with Crippen molar-refractivity contribution in [1.29, 1.82) is 0 Å². The van der Waals surface area contributed by atoms with Gasteiger partial charge < -0.3 is 15.1 Å². The zero-order chi connectivity index (χ0) is 16.0. The second kappa shape index (κ2) is 5.51. The van der Waals surface area contributed by atoms with Crippen molar-refractivity contribution < 1.29 is 10.2 Å². The highest BCUT2D eigenvalue weighted by Crippen LogP contribution is 2.42. The van der Waals surface area contributed by atoms with Crippen LogP contribution in [0.15, 0.2) is 48.2 Å². The Balaban J connectivity index is 1.73. The molecule has 120 valence electrons. The van der Waals surface area contributed by atoms with Gasteiger partial charge in [-0.3, -0.25) is 0 Å². The van der Waals surface area contributed by atoms with Crippen LogP contribution in [0.25, 0.3) is 0 Å². The summed E-state index contributed by atoms with van der Waals surface area (Å²) in [5, 5.41) is 25.1. The van der Waals surface area contributed by atoms with Crippen molar-refractivity contribution >= 4 is 5.82 Å². The molecule has 0 saturated heterocycles. The van der Waals surface area contributed by atoms with Gasteiger partial charge in [0.15, 0.2) is 6.23 Å². The van der Waals surface area contributed by atoms with Crippen molar-refractivity contribution in [3.63, 3.8) is 0 Å². The third-order valence-electron chi connectivity index (χ3n) is 4.54. The maximum atomic E-state index is 10.5. The van der Waals surface area contributed by atoms with Crippen LogP contribution in [0.1, 0.15) is 43.2 Å². The van der Waals surface area contributed by atoms with Gasteiger partial charge in [0.1, 0.15) is 5.82 Å². The van der Waals surface area contributed by atoms with E-state index in [0.717, 1.165) is 11.5 Å². The fourth-order valence-corrected chi connectivity index (χ4v) is 3.06. The molecule has 2 heterocycles. The van der Waals surface area contributed by atoms with Crippen molar-refractivity contribution in [2.45, 2.75) is 44.6 Å². The van der Waals surface area contributed by atoms with E-state index in [1.165, 1.54) is 18.4 Å². The second-order valence-electron chi connectivity index (χ2n) is 6.44. The summed E-state index contributed by atoms with van der Waals surface area (Å²) >= 11 is 0. The monoisotopic (exact) mass is 311 g/mol. The Morgan fingerprint density at radius 3 is 2.65 bits per heavy atom. The molecule has 2 aromatic rings. The largest absolute Gasteiger partial charge is 0.389 e. The Hall–Kier alpha value is -2.11. The lowest BCUT2D eigenvalue weighted by Crippen LogP contribution is -2.32. The van der Waals surface area contributed by atoms with Crippen molar-refractivity contribution in [1.82, 2.24) is 9.78 Å². The van der Waals surface area contributed by atoms with E-state index in [4.69, 9.17) is 0 Å². The molecule has 2 aliphatic rings. The van der Waals surface area contributed by atoms with Crippen molar-refractivity contribution in [2.75, 3.05) is 4.90 Å². The van der Waals surface area contributed by atoms with E-state index < -0.39 is 12.3 Å². The maximum absolute atomic E-state index is 10.5. The van der Waals surface area contributed by atoms with Crippen LogP contribution in [0.5, 0.6) is 0 Å². The Morgan fingerprint density at radius 1 is 1.26 bits per heavy atom. The predicted molar refractivity (Wildman–Crippen MR) is 87.8 cm³/mol. The first kappa shape index (κ1) is 14.5. The van der Waals surface area contributed by atoms with E-state index in [9.17, 15) is 10.2 Å². The van der Waals surface area contributed by atoms with Crippen LogP contribution in [0.2, 0.25) is 0 Å². The molecular formula is C18H21N3O2. The summed E-state index contributed by atoms with van der Waals surface area (Å²) in [6, 6.07) is 12.2. The van der Waals surface area contributed by atoms with Gasteiger partial charge in [0.05, 0.1) is 11.8 Å². The molecule has 2 atom stereocenters. The van der Waals surface area contributed by atoms with Gasteiger partial charge in [0, 0.05) is 30.3 Å². The standard InChI is InChI=1S/C18H21N3O2/c1-12(22)15-11-20(10-13-5-3-2-4-6-13)17-9-16(14-7-8-14)19-21(17)18(15)23/h2-6,9,11-12,14,18,22-23H,7-8,10H2,1H3. The lowest BCUT2D eigenvalue weighted by Gasteiger charge is -2.32. The highest BCUT2D eigenvalue weighted by atomic mass is 16.3. The number of benzene rings is 1. The molecule has 5 nitrogen and oxygen atoms in total. The molecule has 1 aliphatic carbocycles. The van der Waals surface area contributed by atoms with Gasteiger partial charge in [-0.05, 0) is 25.3 Å². The second-order valence-corrected chi connectivity index (χ2v) is 6.44. The molecule has 23 heavy (non-hydrogen) atoms. The first-order valence-electron chi connectivity index (χ1n) is 8.11. The van der Waals surface area contributed by atoms with Crippen LogP contribution in [-0.4, -0.2) is 26.1 Å². The molecule has 0 bridgehead atoms. The molecule has 1 aromatic heterocycles. The number of aliphatic hydroxyl groups excluding tert-OH is 2. The molecule has 0 spiro atoms. The molecule has 0 radical (unpaired) electrons. The Labute approximate surface area is 135 Å². The van der Waals surface area contributed by atoms with Crippen LogP contribution in [0.3, 0.4) is 0 Å². The third-order valence-corrected chi connectivity index (χ3v) is 4.54. The number of rotatable bonds is 4. The zero-order valence-corrected chi connectivity index (χ0v) is 13.1. The summed E-state index contributed by atoms with van der Waals surface area (Å²) in [5.74, 6) is 1.40. The molecule has 4 rings (SSSR count). The number of nitrogens with zero attached hydrogens (tertiary/aromatic N) is 3. The topological polar surface area (TPSA) is 61.5 Å². The Kier molecular flexibility index (Phi) is 3.47. The minimum absolute atomic E-state index is 0.522. The zero-order valence-electron chi connectivity index (χ0n) is 13.1. The number of aliphatic hydroxyl groups is 2. The van der Waals surface area contributed by atoms with E-state index in [0.29, 0.717) is 18.0 Å². The summed E-state index contributed by atoms with van der Waals surface area (Å²) in [6.45, 7) is 2.35. The van der Waals surface area contributed by atoms with Crippen LogP contribution in [-0.2, 0) is 6.54 Å². The van der Waals surface area contributed by atoms with Gasteiger partial charge in [0.25, 0.3) is 0 Å². The fourth-order valence-electron chi connectivity index (χ4n) is 3.06. The number of aromatic nitrogens is 2. The van der Waals surface area contributed by atoms with Crippen molar-refractivity contribution in [2.24, 2.45) is 0 Å². The van der Waals surface area contributed by atoms with Crippen molar-refractivity contribution in [3.8, 4) is 0 Å². The van der Waals surface area contributed by atoms with Gasteiger partial charge in [-0.25, -0.2) is 4.68 Å². The average Bonchev–Trinajstić information content (AvgIpc) is 3.29. The summed E-state index contributed by atoms with van der Waals surface area (Å²) in [6.07, 6.45) is 2.58. The smallest absolute Gasteiger partial charge is 0.175 e. The number of hydrogen-bond donors (Lipinski definition) is 2. The fraction of sp³-hybridized carbons (Fsp3) is 0.389. The maximum Gasteiger partial charge on any atom is 0.175 e. The molecule has 1 fully saturated rings. The highest BCUT2D eigenvalue weighted by Gasteiger charge is 2.33. The van der Waals surface area contributed by atoms with Crippen LogP contribution >= 0.6 is 0 Å². The van der Waals surface area contributed by atoms with E-state index in [1.807, 2.05) is 24.4 Å². The summed E-state index contributed by atoms with van der Waals surface area (Å²) in [5.41, 5.74) is 2.78. The van der Waals surface area contributed by atoms with Gasteiger partial charge >= 0.3 is 0 Å². The number of hydrogen-bond acceptors (Lipinski definition) is 4. The van der Waals surface area contributed by atoms with Crippen LogP contribution < -0.4 is 4.90 Å². The normalized spacial score (nSPS) is 21.8. The Bertz CT molecular complexity index is 732. The van der Waals surface area contributed by atoms with Crippen LogP contribution in [0, 0.1) is 0 Å². The van der Waals surface area contributed by atoms with Crippen molar-refractivity contribution in [3.05, 3.63) is 59.4 Å². The van der Waals surface area contributed by atoms with E-state index in [2.05, 4.69) is 28.2 Å². The molecular weight excluding hydrogens is 290 g/mol. The van der Waals surface area contributed by atoms with E-state index in [-0.39, 0.29) is 0 Å². The minimum atomic E-state index is -0.899. The molecule has 1 saturated carbocycles. The van der Waals surface area contributed by atoms with E-state index >= 15 is 0 Å². The quantitative estimate of drug-likeness (QED) is 0.911. The van der Waals surface area contributed by atoms with Gasteiger partial charge in [-0.2, -0.15) is 5.10 Å².